The first-order valence-corrected chi connectivity index (χ1v) is 63.5. The average molecular weight is 2060 g/mol. The van der Waals surface area contributed by atoms with Crippen LogP contribution in [0.1, 0.15) is 162 Å². The summed E-state index contributed by atoms with van der Waals surface area (Å²) in [6.07, 6.45) is 22.0. The molecule has 9 aromatic rings. The molecule has 0 spiro atoms. The first-order chi connectivity index (χ1) is 58.1. The summed E-state index contributed by atoms with van der Waals surface area (Å²) in [6.45, 7) is 53.6. The summed E-state index contributed by atoms with van der Waals surface area (Å²) in [5.74, 6) is -0.320. The van der Waals surface area contributed by atoms with Crippen molar-refractivity contribution in [3.63, 3.8) is 0 Å². The van der Waals surface area contributed by atoms with Crippen molar-refractivity contribution in [3.8, 4) is 34.7 Å². The molecule has 704 valence electrons. The van der Waals surface area contributed by atoms with E-state index < -0.39 is 83.9 Å². The molecule has 6 aromatic heterocycles. The van der Waals surface area contributed by atoms with E-state index in [1.165, 1.54) is 44.8 Å². The van der Waals surface area contributed by atoms with Gasteiger partial charge in [0.25, 0.3) is 0 Å². The molecule has 1 saturated carbocycles. The zero-order valence-electron chi connectivity index (χ0n) is 78.5. The molecule has 40 heteroatoms. The normalized spacial score (nSPS) is 15.5. The average Bonchev–Trinajstić information content (AvgIpc) is 0.880. The maximum atomic E-state index is 13.7. The second kappa shape index (κ2) is 46.2. The van der Waals surface area contributed by atoms with E-state index in [0.29, 0.717) is 36.5 Å². The van der Waals surface area contributed by atoms with Crippen LogP contribution in [0, 0.1) is 33.5 Å². The number of carbonyl (C=O) groups is 2. The van der Waals surface area contributed by atoms with Crippen LogP contribution in [0.15, 0.2) is 161 Å². The fraction of sp³-hybridized carbons (Fsp3) is 0.540. The number of halogens is 9. The van der Waals surface area contributed by atoms with Gasteiger partial charge in [0.1, 0.15) is 41.0 Å². The molecule has 0 radical (unpaired) electrons. The van der Waals surface area contributed by atoms with Crippen LogP contribution in [-0.2, 0) is 56.2 Å². The van der Waals surface area contributed by atoms with Crippen molar-refractivity contribution in [2.24, 2.45) is 18.9 Å². The van der Waals surface area contributed by atoms with Crippen LogP contribution < -0.4 is 20.3 Å². The number of ether oxygens (including phenoxy) is 1. The van der Waals surface area contributed by atoms with Crippen LogP contribution in [0.5, 0.6) is 0 Å². The van der Waals surface area contributed by atoms with Crippen molar-refractivity contribution < 1.29 is 31.2 Å². The molecule has 0 bridgehead atoms. The third-order valence-electron chi connectivity index (χ3n) is 22.8. The van der Waals surface area contributed by atoms with E-state index in [1.54, 1.807) is 38.7 Å². The first kappa shape index (κ1) is 114. The second-order valence-corrected chi connectivity index (χ2v) is 72.8. The van der Waals surface area contributed by atoms with Crippen molar-refractivity contribution in [2.75, 3.05) is 51.5 Å². The van der Waals surface area contributed by atoms with Crippen LogP contribution in [0.25, 0.3) is 44.6 Å². The number of hydrogen-bond donors (Lipinski definition) is 1. The Hall–Kier alpha value is -5.14. The van der Waals surface area contributed by atoms with Gasteiger partial charge in [-0.05, 0) is 124 Å². The topological polar surface area (TPSA) is 300 Å². The van der Waals surface area contributed by atoms with Crippen molar-refractivity contribution >= 4 is 212 Å². The minimum absolute atomic E-state index is 0.0174. The predicted octanol–water partition coefficient (Wildman–Crippen LogP) is 23.5. The number of hydrogen-bond acceptors (Lipinski definition) is 18. The molecule has 127 heavy (non-hydrogen) atoms. The van der Waals surface area contributed by atoms with E-state index in [2.05, 4.69) is 165 Å². The summed E-state index contributed by atoms with van der Waals surface area (Å²) < 4.78 is 71.8. The van der Waals surface area contributed by atoms with E-state index >= 15 is 0 Å². The molecule has 11 rings (SSSR count). The summed E-state index contributed by atoms with van der Waals surface area (Å²) in [4.78, 5) is 45.1. The van der Waals surface area contributed by atoms with E-state index in [4.69, 9.17) is 112 Å². The van der Waals surface area contributed by atoms with Crippen LogP contribution in [-0.4, -0.2) is 171 Å². The monoisotopic (exact) mass is 2050 g/mol. The number of sulfonamides is 1. The molecule has 2 unspecified atom stereocenters. The molecule has 2 aliphatic rings. The minimum atomic E-state index is -3.43. The summed E-state index contributed by atoms with van der Waals surface area (Å²) in [5.41, 5.74) is 2.41. The fourth-order valence-electron chi connectivity index (χ4n) is 12.3. The van der Waals surface area contributed by atoms with Gasteiger partial charge in [-0.3, -0.25) is 36.1 Å². The van der Waals surface area contributed by atoms with Crippen LogP contribution in [0.3, 0.4) is 0 Å². The number of nitriles is 2. The number of aromatic nitrogens is 10. The summed E-state index contributed by atoms with van der Waals surface area (Å²) in [6, 6.07) is 38.2. The molecule has 24 nitrogen and oxygen atoms in total. The second-order valence-electron chi connectivity index (χ2n) is 37.9. The van der Waals surface area contributed by atoms with Crippen LogP contribution in [0.2, 0.25) is 54.4 Å². The Morgan fingerprint density at radius 1 is 0.567 bits per heavy atom. The third kappa shape index (κ3) is 32.0. The van der Waals surface area contributed by atoms with Gasteiger partial charge in [0, 0.05) is 77.7 Å². The molecule has 2 fully saturated rings. The third-order valence-corrected chi connectivity index (χ3v) is 52.7. The van der Waals surface area contributed by atoms with Gasteiger partial charge in [0.05, 0.1) is 75.9 Å². The van der Waals surface area contributed by atoms with Gasteiger partial charge in [-0.25, -0.2) is 45.5 Å². The number of nitrogens with one attached hydrogen (secondary N) is 1. The van der Waals surface area contributed by atoms with Gasteiger partial charge in [-0.1, -0.05) is 187 Å². The number of fused-ring (bicyclic) bond motifs is 2. The number of carbonyl (C=O) groups excluding carboxylic acids is 2. The Morgan fingerprint density at radius 2 is 0.945 bits per heavy atom. The molecule has 1 N–H and O–H groups in total. The van der Waals surface area contributed by atoms with Gasteiger partial charge in [0.2, 0.25) is 15.9 Å². The van der Waals surface area contributed by atoms with Gasteiger partial charge in [0.15, 0.2) is 37.4 Å². The van der Waals surface area contributed by atoms with Crippen molar-refractivity contribution in [1.29, 1.82) is 10.5 Å². The van der Waals surface area contributed by atoms with Crippen molar-refractivity contribution in [2.45, 2.75) is 238 Å². The molecular weight excluding hydrogens is 1930 g/mol. The molecule has 0 amide bonds. The van der Waals surface area contributed by atoms with Crippen LogP contribution in [0.4, 0.5) is 0 Å². The molecule has 7 heterocycles. The van der Waals surface area contributed by atoms with Gasteiger partial charge in [-0.15, -0.1) is 0 Å². The molecule has 1 aliphatic carbocycles. The number of rotatable bonds is 19. The predicted molar refractivity (Wildman–Crippen MR) is 546 cm³/mol. The first-order valence-electron chi connectivity index (χ1n) is 41.4. The number of nitrogens with zero attached hydrogens (tertiary/aromatic N) is 16. The number of alkyl halides is 6. The summed E-state index contributed by atoms with van der Waals surface area (Å²) in [5, 5.41) is 29.2. The van der Waals surface area contributed by atoms with E-state index in [9.17, 15) is 36.9 Å². The quantitative estimate of drug-likeness (QED) is 0.0259. The molecule has 1 saturated heterocycles. The molecule has 3 aromatic carbocycles. The summed E-state index contributed by atoms with van der Waals surface area (Å²) in [7, 11) is -8.31. The number of benzene rings is 3. The van der Waals surface area contributed by atoms with E-state index in [-0.39, 0.29) is 45.7 Å². The molecule has 2 atom stereocenters. The Kier molecular flexibility index (Phi) is 41.5. The Balaban J connectivity index is 0.000000337. The van der Waals surface area contributed by atoms with Crippen LogP contribution >= 0.6 is 108 Å². The van der Waals surface area contributed by atoms with E-state index in [1.807, 2.05) is 185 Å². The molecule has 1 aliphatic heterocycles. The Bertz CT molecular complexity index is 5440. The van der Waals surface area contributed by atoms with Crippen molar-refractivity contribution in [3.05, 3.63) is 153 Å². The SMILES string of the molecule is CC(C)(C)C(=O)OCn1ccc2c(-c3cnn(C4(CC#N)CCC4)c3)ncnc21.CC(C)(C)C(=O)n1ccc2c(-c3cnn(C4(CC#N)CN(S(C)(=O)=N[Si](C)(C)C(C)(C)C)C4)c3)ncnc21.CC(C)(C)[Si](C)(C)N=S(C)(=O)Cl.CC(C)(C)[Si](C)(C)NS(C)(=O)=O.CCN(CC)CC.ClC(Cl)Cl.ClC(Cl)Cl.ClP(Cl)(c1ccccc1)(c1ccccc1)c1ccccc1. The van der Waals surface area contributed by atoms with Gasteiger partial charge < -0.3 is 9.64 Å². The van der Waals surface area contributed by atoms with E-state index in [0.717, 1.165) is 62.8 Å². The maximum absolute atomic E-state index is 13.7. The fourth-order valence-corrected chi connectivity index (χ4v) is 34.1. The Morgan fingerprint density at radius 3 is 1.27 bits per heavy atom. The Labute approximate surface area is 803 Å². The molecular formula is C87H131Cl9N17O7PS3Si3. The summed E-state index contributed by atoms with van der Waals surface area (Å²) >= 11 is 43.4. The van der Waals surface area contributed by atoms with Gasteiger partial charge in [-0.2, -0.15) is 20.7 Å². The standard InChI is InChI=1S/C26H38N8O2SSi.C21H24N6O2.C18H15Cl2P.C7H18ClNOSSi.C7H19NO2SSi.C6H15N.2CHCl3/c1-24(2,3)23(35)33-13-10-20-21(28-18-29-22(20)33)19-14-30-34(15-19)26(11-12-27)16-32(17-26)37(7,36)31-38(8,9)25(4,5)6;1-20(2,3)19(28)29-14-26-10-5-16-17(23-13-24-18(16)26)15-11-25-27(12-15)21(8-9-22)6-4-7-21;19-21(20,16-10-4-1-5-11-16,17-12-6-2-7-13-17)18-14-8-3-9-15-18;1-7(2,3)12(5,6)9-11(4,8)10;1-7(2,3)12(5,6)8-11(4,9)10;1-4-7(5-2)6-3;2*2-1(3)4/h10,13-15,18H,11,16-17H2,1-9H3;5,10-13H,4,6-8,14H2,1-3H3;1-15H;1-6H3;8H,1-6H3;4-6H2,1-3H3;2*1H. The zero-order valence-corrected chi connectivity index (χ0v) is 91.6. The van der Waals surface area contributed by atoms with Gasteiger partial charge >= 0.3 is 141 Å². The zero-order chi connectivity index (χ0) is 97.0. The van der Waals surface area contributed by atoms with Crippen molar-refractivity contribution in [1.82, 2.24) is 62.2 Å². The number of esters is 1.